The molecule has 0 bridgehead atoms. The Hall–Kier alpha value is -0.960. The molecule has 0 spiro atoms. The molecule has 2 aromatic carbocycles. The predicted octanol–water partition coefficient (Wildman–Crippen LogP) is 5.66. The maximum atomic E-state index is 13.3. The van der Waals surface area contributed by atoms with E-state index in [4.69, 9.17) is 39.5 Å². The Morgan fingerprint density at radius 1 is 1.06 bits per heavy atom. The number of hydrogen-bond acceptors (Lipinski definition) is 1. The SMILES string of the molecule is Fc1cc(CCl)cc(Oc2ccc(Cl)cc2Cl)c1. The summed E-state index contributed by atoms with van der Waals surface area (Å²) in [5.74, 6) is 0.554. The highest BCUT2D eigenvalue weighted by Gasteiger charge is 2.06. The summed E-state index contributed by atoms with van der Waals surface area (Å²) in [6.45, 7) is 0. The Morgan fingerprint density at radius 3 is 2.50 bits per heavy atom. The first-order valence-electron chi connectivity index (χ1n) is 5.07. The van der Waals surface area contributed by atoms with Crippen molar-refractivity contribution < 1.29 is 9.13 Å². The van der Waals surface area contributed by atoms with Crippen molar-refractivity contribution in [1.82, 2.24) is 0 Å². The Morgan fingerprint density at radius 2 is 1.83 bits per heavy atom. The van der Waals surface area contributed by atoms with Gasteiger partial charge in [0.25, 0.3) is 0 Å². The van der Waals surface area contributed by atoms with Gasteiger partial charge in [0.15, 0.2) is 0 Å². The number of hydrogen-bond donors (Lipinski definition) is 0. The molecule has 0 aliphatic rings. The third kappa shape index (κ3) is 3.29. The molecule has 1 nitrogen and oxygen atoms in total. The molecule has 94 valence electrons. The number of ether oxygens (including phenoxy) is 1. The number of halogens is 4. The van der Waals surface area contributed by atoms with Crippen molar-refractivity contribution in [3.8, 4) is 11.5 Å². The summed E-state index contributed by atoms with van der Waals surface area (Å²) in [5.41, 5.74) is 0.636. The lowest BCUT2D eigenvalue weighted by atomic mass is 10.2. The molecule has 0 heterocycles. The minimum absolute atomic E-state index is 0.211. The summed E-state index contributed by atoms with van der Waals surface area (Å²) in [6, 6.07) is 9.09. The lowest BCUT2D eigenvalue weighted by molar-refractivity contribution is 0.476. The molecular weight excluding hydrogens is 297 g/mol. The van der Waals surface area contributed by atoms with Crippen LogP contribution < -0.4 is 4.74 Å². The molecule has 0 fully saturated rings. The zero-order valence-corrected chi connectivity index (χ0v) is 11.4. The van der Waals surface area contributed by atoms with Crippen molar-refractivity contribution in [2.75, 3.05) is 0 Å². The van der Waals surface area contributed by atoms with Gasteiger partial charge in [-0.25, -0.2) is 4.39 Å². The molecule has 0 aromatic heterocycles. The van der Waals surface area contributed by atoms with E-state index in [9.17, 15) is 4.39 Å². The largest absolute Gasteiger partial charge is 0.456 e. The molecule has 2 aromatic rings. The fourth-order valence-corrected chi connectivity index (χ4v) is 2.04. The quantitative estimate of drug-likeness (QED) is 0.664. The van der Waals surface area contributed by atoms with Crippen LogP contribution in [-0.2, 0) is 5.88 Å². The van der Waals surface area contributed by atoms with Gasteiger partial charge in [-0.1, -0.05) is 23.2 Å². The Labute approximate surface area is 119 Å². The van der Waals surface area contributed by atoms with Crippen molar-refractivity contribution >= 4 is 34.8 Å². The summed E-state index contributed by atoms with van der Waals surface area (Å²) in [6.07, 6.45) is 0. The van der Waals surface area contributed by atoms with Gasteiger partial charge >= 0.3 is 0 Å². The minimum atomic E-state index is -0.409. The first-order chi connectivity index (χ1) is 8.58. The molecule has 2 rings (SSSR count). The van der Waals surface area contributed by atoms with Gasteiger partial charge < -0.3 is 4.74 Å². The van der Waals surface area contributed by atoms with E-state index < -0.39 is 5.82 Å². The molecule has 0 aliphatic carbocycles. The average Bonchev–Trinajstić information content (AvgIpc) is 2.32. The molecular formula is C13H8Cl3FO. The smallest absolute Gasteiger partial charge is 0.146 e. The van der Waals surface area contributed by atoms with E-state index in [1.54, 1.807) is 24.3 Å². The molecule has 0 saturated heterocycles. The van der Waals surface area contributed by atoms with Crippen LogP contribution in [-0.4, -0.2) is 0 Å². The van der Waals surface area contributed by atoms with Crippen molar-refractivity contribution in [2.24, 2.45) is 0 Å². The van der Waals surface area contributed by atoms with Crippen molar-refractivity contribution in [3.05, 3.63) is 57.8 Å². The molecule has 18 heavy (non-hydrogen) atoms. The van der Waals surface area contributed by atoms with Gasteiger partial charge in [0.05, 0.1) is 5.02 Å². The van der Waals surface area contributed by atoms with Crippen LogP contribution in [0, 0.1) is 5.82 Å². The second-order valence-corrected chi connectivity index (χ2v) is 4.72. The third-order valence-electron chi connectivity index (χ3n) is 2.21. The van der Waals surface area contributed by atoms with Crippen molar-refractivity contribution in [1.29, 1.82) is 0 Å². The number of rotatable bonds is 3. The zero-order valence-electron chi connectivity index (χ0n) is 9.09. The Kier molecular flexibility index (Phi) is 4.33. The van der Waals surface area contributed by atoms with Crippen LogP contribution in [0.1, 0.15) is 5.56 Å². The summed E-state index contributed by atoms with van der Waals surface area (Å²) in [4.78, 5) is 0. The molecule has 0 atom stereocenters. The van der Waals surface area contributed by atoms with Crippen LogP contribution >= 0.6 is 34.8 Å². The summed E-state index contributed by atoms with van der Waals surface area (Å²) >= 11 is 17.4. The van der Waals surface area contributed by atoms with E-state index in [-0.39, 0.29) is 5.88 Å². The van der Waals surface area contributed by atoms with Crippen LogP contribution in [0.5, 0.6) is 11.5 Å². The second kappa shape index (κ2) is 5.79. The average molecular weight is 306 g/mol. The molecule has 0 aliphatic heterocycles. The van der Waals surface area contributed by atoms with Gasteiger partial charge in [0.1, 0.15) is 17.3 Å². The molecule has 0 amide bonds. The van der Waals surface area contributed by atoms with E-state index in [2.05, 4.69) is 0 Å². The fourth-order valence-electron chi connectivity index (χ4n) is 1.44. The fraction of sp³-hybridized carbons (Fsp3) is 0.0769. The molecule has 0 N–H and O–H groups in total. The van der Waals surface area contributed by atoms with Gasteiger partial charge in [0, 0.05) is 17.0 Å². The van der Waals surface area contributed by atoms with E-state index in [0.717, 1.165) is 0 Å². The van der Waals surface area contributed by atoms with E-state index >= 15 is 0 Å². The Bertz CT molecular complexity index is 572. The monoisotopic (exact) mass is 304 g/mol. The van der Waals surface area contributed by atoms with E-state index in [0.29, 0.717) is 27.1 Å². The molecule has 0 saturated carbocycles. The zero-order chi connectivity index (χ0) is 13.1. The molecule has 0 unspecified atom stereocenters. The van der Waals surface area contributed by atoms with Gasteiger partial charge in [-0.2, -0.15) is 0 Å². The van der Waals surface area contributed by atoms with Gasteiger partial charge in [0.2, 0.25) is 0 Å². The normalized spacial score (nSPS) is 10.4. The highest BCUT2D eigenvalue weighted by Crippen LogP contribution is 2.32. The van der Waals surface area contributed by atoms with Gasteiger partial charge in [-0.3, -0.25) is 0 Å². The lowest BCUT2D eigenvalue weighted by Gasteiger charge is -2.09. The topological polar surface area (TPSA) is 9.23 Å². The minimum Gasteiger partial charge on any atom is -0.456 e. The first kappa shape index (κ1) is 13.5. The molecule has 0 radical (unpaired) electrons. The predicted molar refractivity (Wildman–Crippen MR) is 72.5 cm³/mol. The Balaban J connectivity index is 2.30. The summed E-state index contributed by atoms with van der Waals surface area (Å²) in [7, 11) is 0. The molecule has 5 heteroatoms. The van der Waals surface area contributed by atoms with Crippen LogP contribution in [0.2, 0.25) is 10.0 Å². The van der Waals surface area contributed by atoms with Crippen LogP contribution in [0.15, 0.2) is 36.4 Å². The maximum Gasteiger partial charge on any atom is 0.146 e. The van der Waals surface area contributed by atoms with Crippen molar-refractivity contribution in [3.63, 3.8) is 0 Å². The first-order valence-corrected chi connectivity index (χ1v) is 6.36. The summed E-state index contributed by atoms with van der Waals surface area (Å²) in [5, 5.41) is 0.868. The van der Waals surface area contributed by atoms with Crippen LogP contribution in [0.3, 0.4) is 0 Å². The maximum absolute atomic E-state index is 13.3. The second-order valence-electron chi connectivity index (χ2n) is 3.61. The highest BCUT2D eigenvalue weighted by molar-refractivity contribution is 6.35. The van der Waals surface area contributed by atoms with E-state index in [1.165, 1.54) is 12.1 Å². The standard InChI is InChI=1S/C13H8Cl3FO/c14-7-8-3-10(17)6-11(4-8)18-13-2-1-9(15)5-12(13)16/h1-6H,7H2. The van der Waals surface area contributed by atoms with Crippen molar-refractivity contribution in [2.45, 2.75) is 5.88 Å². The number of alkyl halides is 1. The van der Waals surface area contributed by atoms with Gasteiger partial charge in [-0.15, -0.1) is 11.6 Å². The summed E-state index contributed by atoms with van der Waals surface area (Å²) < 4.78 is 18.8. The third-order valence-corrected chi connectivity index (χ3v) is 3.05. The highest BCUT2D eigenvalue weighted by atomic mass is 35.5. The van der Waals surface area contributed by atoms with E-state index in [1.807, 2.05) is 0 Å². The van der Waals surface area contributed by atoms with Gasteiger partial charge in [-0.05, 0) is 35.9 Å². The lowest BCUT2D eigenvalue weighted by Crippen LogP contribution is -1.89. The van der Waals surface area contributed by atoms with Crippen LogP contribution in [0.25, 0.3) is 0 Å². The van der Waals surface area contributed by atoms with Crippen LogP contribution in [0.4, 0.5) is 4.39 Å². The number of benzene rings is 2.